The lowest BCUT2D eigenvalue weighted by atomic mass is 10.2. The van der Waals surface area contributed by atoms with Gasteiger partial charge in [0.15, 0.2) is 0 Å². The van der Waals surface area contributed by atoms with Gasteiger partial charge in [-0.2, -0.15) is 4.31 Å². The SMILES string of the molecule is CC(C/C(N)=N/O)N(C)S(=O)(=O)c1cc(Cl)sc1Cl. The van der Waals surface area contributed by atoms with Crippen molar-refractivity contribution in [2.75, 3.05) is 7.05 Å². The average Bonchev–Trinajstić information content (AvgIpc) is 2.67. The molecule has 0 bridgehead atoms. The molecule has 1 heterocycles. The van der Waals surface area contributed by atoms with Crippen LogP contribution in [-0.2, 0) is 10.0 Å². The molecule has 1 unspecified atom stereocenters. The van der Waals surface area contributed by atoms with Gasteiger partial charge in [0.2, 0.25) is 10.0 Å². The van der Waals surface area contributed by atoms with Crippen LogP contribution in [0.3, 0.4) is 0 Å². The molecule has 0 fully saturated rings. The molecule has 19 heavy (non-hydrogen) atoms. The predicted molar refractivity (Wildman–Crippen MR) is 76.8 cm³/mol. The fraction of sp³-hybridized carbons (Fsp3) is 0.444. The zero-order valence-corrected chi connectivity index (χ0v) is 13.3. The molecule has 1 rings (SSSR count). The highest BCUT2D eigenvalue weighted by Crippen LogP contribution is 2.36. The highest BCUT2D eigenvalue weighted by Gasteiger charge is 2.29. The molecule has 0 amide bonds. The summed E-state index contributed by atoms with van der Waals surface area (Å²) < 4.78 is 26.2. The lowest BCUT2D eigenvalue weighted by Crippen LogP contribution is -2.37. The van der Waals surface area contributed by atoms with E-state index in [1.54, 1.807) is 6.92 Å². The van der Waals surface area contributed by atoms with Crippen LogP contribution in [0.15, 0.2) is 16.1 Å². The van der Waals surface area contributed by atoms with Gasteiger partial charge in [0, 0.05) is 19.5 Å². The summed E-state index contributed by atoms with van der Waals surface area (Å²) in [7, 11) is -2.37. The first-order valence-electron chi connectivity index (χ1n) is 5.09. The summed E-state index contributed by atoms with van der Waals surface area (Å²) in [5.41, 5.74) is 5.36. The monoisotopic (exact) mass is 345 g/mol. The van der Waals surface area contributed by atoms with Gasteiger partial charge in [-0.1, -0.05) is 28.4 Å². The minimum Gasteiger partial charge on any atom is -0.409 e. The van der Waals surface area contributed by atoms with Crippen molar-refractivity contribution in [3.8, 4) is 0 Å². The Morgan fingerprint density at radius 3 is 2.63 bits per heavy atom. The van der Waals surface area contributed by atoms with E-state index in [9.17, 15) is 8.42 Å². The van der Waals surface area contributed by atoms with E-state index in [1.807, 2.05) is 0 Å². The van der Waals surface area contributed by atoms with Crippen LogP contribution >= 0.6 is 34.5 Å². The molecular formula is C9H13Cl2N3O3S2. The van der Waals surface area contributed by atoms with Crippen molar-refractivity contribution in [1.29, 1.82) is 0 Å². The van der Waals surface area contributed by atoms with Crippen molar-refractivity contribution in [1.82, 2.24) is 4.31 Å². The second kappa shape index (κ2) is 6.27. The third-order valence-corrected chi connectivity index (χ3v) is 6.26. The van der Waals surface area contributed by atoms with E-state index in [0.717, 1.165) is 15.6 Å². The van der Waals surface area contributed by atoms with Crippen LogP contribution in [-0.4, -0.2) is 36.9 Å². The Kier molecular flexibility index (Phi) is 5.45. The Hall–Kier alpha value is -0.540. The van der Waals surface area contributed by atoms with Crippen molar-refractivity contribution in [3.05, 3.63) is 14.7 Å². The van der Waals surface area contributed by atoms with Gasteiger partial charge in [0.25, 0.3) is 0 Å². The minimum atomic E-state index is -3.77. The Morgan fingerprint density at radius 2 is 2.21 bits per heavy atom. The van der Waals surface area contributed by atoms with Crippen LogP contribution in [0.2, 0.25) is 8.67 Å². The fourth-order valence-electron chi connectivity index (χ4n) is 1.37. The second-order valence-electron chi connectivity index (χ2n) is 3.85. The van der Waals surface area contributed by atoms with Crippen molar-refractivity contribution < 1.29 is 13.6 Å². The first-order valence-corrected chi connectivity index (χ1v) is 8.10. The molecule has 0 radical (unpaired) electrons. The third-order valence-electron chi connectivity index (χ3n) is 2.54. The second-order valence-corrected chi connectivity index (χ2v) is 8.11. The lowest BCUT2D eigenvalue weighted by molar-refractivity contribution is 0.313. The van der Waals surface area contributed by atoms with Crippen LogP contribution < -0.4 is 5.73 Å². The summed E-state index contributed by atoms with van der Waals surface area (Å²) in [6, 6.07) is 0.812. The number of amidine groups is 1. The molecular weight excluding hydrogens is 333 g/mol. The lowest BCUT2D eigenvalue weighted by Gasteiger charge is -2.23. The van der Waals surface area contributed by atoms with Gasteiger partial charge in [0.05, 0.1) is 4.34 Å². The van der Waals surface area contributed by atoms with Gasteiger partial charge in [-0.25, -0.2) is 8.42 Å². The van der Waals surface area contributed by atoms with Crippen LogP contribution in [0.25, 0.3) is 0 Å². The summed E-state index contributed by atoms with van der Waals surface area (Å²) in [4.78, 5) is -0.0435. The van der Waals surface area contributed by atoms with Crippen LogP contribution in [0.1, 0.15) is 13.3 Å². The van der Waals surface area contributed by atoms with E-state index in [4.69, 9.17) is 34.1 Å². The summed E-state index contributed by atoms with van der Waals surface area (Å²) in [5.74, 6) is -0.0519. The van der Waals surface area contributed by atoms with Crippen LogP contribution in [0.4, 0.5) is 0 Å². The first-order chi connectivity index (χ1) is 8.70. The van der Waals surface area contributed by atoms with Gasteiger partial charge in [-0.3, -0.25) is 0 Å². The first kappa shape index (κ1) is 16.5. The van der Waals surface area contributed by atoms with Crippen LogP contribution in [0.5, 0.6) is 0 Å². The molecule has 1 atom stereocenters. The highest BCUT2D eigenvalue weighted by atomic mass is 35.5. The van der Waals surface area contributed by atoms with Crippen molar-refractivity contribution >= 4 is 50.4 Å². The fourth-order valence-corrected chi connectivity index (χ4v) is 4.84. The van der Waals surface area contributed by atoms with E-state index in [1.165, 1.54) is 13.1 Å². The van der Waals surface area contributed by atoms with Crippen molar-refractivity contribution in [3.63, 3.8) is 0 Å². The largest absolute Gasteiger partial charge is 0.409 e. The highest BCUT2D eigenvalue weighted by molar-refractivity contribution is 7.89. The van der Waals surface area contributed by atoms with E-state index in [2.05, 4.69) is 5.16 Å². The zero-order chi connectivity index (χ0) is 14.8. The number of nitrogens with zero attached hydrogens (tertiary/aromatic N) is 2. The molecule has 0 saturated heterocycles. The molecule has 0 aromatic carbocycles. The molecule has 3 N–H and O–H groups in total. The maximum Gasteiger partial charge on any atom is 0.245 e. The standard InChI is InChI=1S/C9H13Cl2N3O3S2/c1-5(3-8(12)13-15)14(2)19(16,17)6-4-7(10)18-9(6)11/h4-5,15H,3H2,1-2H3,(H2,12,13). The maximum absolute atomic E-state index is 12.3. The molecule has 0 spiro atoms. The Morgan fingerprint density at radius 1 is 1.63 bits per heavy atom. The molecule has 0 aliphatic heterocycles. The van der Waals surface area contributed by atoms with E-state index >= 15 is 0 Å². The summed E-state index contributed by atoms with van der Waals surface area (Å²) >= 11 is 12.6. The van der Waals surface area contributed by atoms with Gasteiger partial charge in [-0.15, -0.1) is 11.3 Å². The Balaban J connectivity index is 3.03. The van der Waals surface area contributed by atoms with Crippen LogP contribution in [0, 0.1) is 0 Å². The Bertz CT molecular complexity index is 586. The number of nitrogens with two attached hydrogens (primary N) is 1. The van der Waals surface area contributed by atoms with E-state index in [0.29, 0.717) is 4.34 Å². The van der Waals surface area contributed by atoms with Gasteiger partial charge >= 0.3 is 0 Å². The number of hydrogen-bond acceptors (Lipinski definition) is 5. The smallest absolute Gasteiger partial charge is 0.245 e. The molecule has 6 nitrogen and oxygen atoms in total. The third kappa shape index (κ3) is 3.73. The summed E-state index contributed by atoms with van der Waals surface area (Å²) in [6.45, 7) is 1.64. The number of oxime groups is 1. The summed E-state index contributed by atoms with van der Waals surface area (Å²) in [6.07, 6.45) is 0.0989. The number of hydrogen-bond donors (Lipinski definition) is 2. The van der Waals surface area contributed by atoms with E-state index in [-0.39, 0.29) is 21.5 Å². The number of rotatable bonds is 5. The minimum absolute atomic E-state index is 0.0435. The Labute approximate surface area is 125 Å². The quantitative estimate of drug-likeness (QED) is 0.370. The van der Waals surface area contributed by atoms with Crippen molar-refractivity contribution in [2.24, 2.45) is 10.9 Å². The topological polar surface area (TPSA) is 96.0 Å². The van der Waals surface area contributed by atoms with Gasteiger partial charge in [0.1, 0.15) is 15.1 Å². The molecule has 0 aliphatic rings. The van der Waals surface area contributed by atoms with Gasteiger partial charge < -0.3 is 10.9 Å². The predicted octanol–water partition coefficient (Wildman–Crippen LogP) is 2.20. The number of halogens is 2. The number of sulfonamides is 1. The molecule has 0 saturated carbocycles. The maximum atomic E-state index is 12.3. The molecule has 10 heteroatoms. The average molecular weight is 346 g/mol. The molecule has 108 valence electrons. The normalized spacial score (nSPS) is 14.9. The summed E-state index contributed by atoms with van der Waals surface area (Å²) in [5, 5.41) is 11.3. The molecule has 1 aromatic heterocycles. The number of thiophene rings is 1. The molecule has 1 aromatic rings. The van der Waals surface area contributed by atoms with Crippen molar-refractivity contribution in [2.45, 2.75) is 24.3 Å². The van der Waals surface area contributed by atoms with Gasteiger partial charge in [-0.05, 0) is 13.0 Å². The molecule has 0 aliphatic carbocycles. The van der Waals surface area contributed by atoms with E-state index < -0.39 is 16.1 Å². The zero-order valence-electron chi connectivity index (χ0n) is 10.2.